The summed E-state index contributed by atoms with van der Waals surface area (Å²) in [4.78, 5) is 0. The first-order valence-corrected chi connectivity index (χ1v) is 3.17. The summed E-state index contributed by atoms with van der Waals surface area (Å²) in [7, 11) is 0. The van der Waals surface area contributed by atoms with E-state index in [2.05, 4.69) is 0 Å². The van der Waals surface area contributed by atoms with E-state index in [9.17, 15) is 5.11 Å². The molecule has 2 rings (SSSR count). The third-order valence-corrected chi connectivity index (χ3v) is 1.82. The zero-order valence-corrected chi connectivity index (χ0v) is 5.09. The standard InChI is InChI=1S/C6H9O3/c7-6(2-4-9-6)5-1-3-8-5/h7H,1-4H2. The number of hydrogen-bond donors (Lipinski definition) is 1. The topological polar surface area (TPSA) is 38.7 Å². The zero-order valence-electron chi connectivity index (χ0n) is 5.09. The predicted molar refractivity (Wildman–Crippen MR) is 29.3 cm³/mol. The van der Waals surface area contributed by atoms with Gasteiger partial charge >= 0.3 is 0 Å². The van der Waals surface area contributed by atoms with Crippen LogP contribution in [0.5, 0.6) is 0 Å². The van der Waals surface area contributed by atoms with Crippen LogP contribution >= 0.6 is 0 Å². The van der Waals surface area contributed by atoms with Gasteiger partial charge in [0.25, 0.3) is 0 Å². The third kappa shape index (κ3) is 0.689. The second kappa shape index (κ2) is 1.68. The van der Waals surface area contributed by atoms with Crippen molar-refractivity contribution in [3.05, 3.63) is 6.10 Å². The Morgan fingerprint density at radius 1 is 1.44 bits per heavy atom. The molecule has 0 aliphatic carbocycles. The number of hydrogen-bond acceptors (Lipinski definition) is 3. The van der Waals surface area contributed by atoms with Crippen LogP contribution in [0.1, 0.15) is 12.8 Å². The molecule has 1 radical (unpaired) electrons. The van der Waals surface area contributed by atoms with Crippen molar-refractivity contribution in [1.29, 1.82) is 0 Å². The molecule has 2 aliphatic heterocycles. The van der Waals surface area contributed by atoms with Crippen LogP contribution in [0.4, 0.5) is 0 Å². The van der Waals surface area contributed by atoms with Gasteiger partial charge in [0.1, 0.15) is 0 Å². The Morgan fingerprint density at radius 2 is 2.11 bits per heavy atom. The van der Waals surface area contributed by atoms with Crippen molar-refractivity contribution in [2.24, 2.45) is 0 Å². The maximum atomic E-state index is 9.35. The van der Waals surface area contributed by atoms with Crippen LogP contribution in [0.2, 0.25) is 0 Å². The molecule has 0 amide bonds. The summed E-state index contributed by atoms with van der Waals surface area (Å²) in [6.45, 7) is 1.39. The molecule has 1 unspecified atom stereocenters. The van der Waals surface area contributed by atoms with E-state index in [4.69, 9.17) is 9.47 Å². The largest absolute Gasteiger partial charge is 0.366 e. The van der Waals surface area contributed by atoms with E-state index in [1.807, 2.05) is 0 Å². The van der Waals surface area contributed by atoms with Gasteiger partial charge in [-0.05, 0) is 0 Å². The maximum absolute atomic E-state index is 9.35. The lowest BCUT2D eigenvalue weighted by molar-refractivity contribution is -0.312. The lowest BCUT2D eigenvalue weighted by Crippen LogP contribution is -2.53. The highest BCUT2D eigenvalue weighted by Crippen LogP contribution is 2.40. The van der Waals surface area contributed by atoms with Gasteiger partial charge in [0.15, 0.2) is 6.10 Å². The Morgan fingerprint density at radius 3 is 2.22 bits per heavy atom. The quantitative estimate of drug-likeness (QED) is 0.543. The van der Waals surface area contributed by atoms with E-state index in [-0.39, 0.29) is 0 Å². The molecule has 1 atom stereocenters. The first-order valence-electron chi connectivity index (χ1n) is 3.17. The molecule has 0 aromatic carbocycles. The molecule has 0 spiro atoms. The Kier molecular flexibility index (Phi) is 1.06. The molecular formula is C6H9O3. The van der Waals surface area contributed by atoms with E-state index in [1.54, 1.807) is 0 Å². The zero-order chi connectivity index (χ0) is 6.32. The van der Waals surface area contributed by atoms with Gasteiger partial charge in [0.05, 0.1) is 13.2 Å². The van der Waals surface area contributed by atoms with Crippen LogP contribution in [0.25, 0.3) is 0 Å². The highest BCUT2D eigenvalue weighted by Gasteiger charge is 2.48. The molecule has 0 aromatic heterocycles. The summed E-state index contributed by atoms with van der Waals surface area (Å²) in [5.74, 6) is -0.988. The molecule has 3 heteroatoms. The summed E-state index contributed by atoms with van der Waals surface area (Å²) in [6.07, 6.45) is 2.27. The Balaban J connectivity index is 1.94. The van der Waals surface area contributed by atoms with Crippen LogP contribution in [-0.2, 0) is 9.47 Å². The smallest absolute Gasteiger partial charge is 0.200 e. The lowest BCUT2D eigenvalue weighted by atomic mass is 9.96. The molecule has 51 valence electrons. The van der Waals surface area contributed by atoms with Crippen molar-refractivity contribution >= 4 is 0 Å². The molecule has 2 saturated heterocycles. The Bertz CT molecular complexity index is 115. The van der Waals surface area contributed by atoms with Gasteiger partial charge in [0, 0.05) is 12.8 Å². The molecule has 0 aromatic rings. The van der Waals surface area contributed by atoms with E-state index < -0.39 is 5.79 Å². The molecular weight excluding hydrogens is 120 g/mol. The fourth-order valence-corrected chi connectivity index (χ4v) is 1.03. The molecule has 1 N–H and O–H groups in total. The monoisotopic (exact) mass is 129 g/mol. The van der Waals surface area contributed by atoms with Crippen molar-refractivity contribution in [3.63, 3.8) is 0 Å². The minimum atomic E-state index is -0.988. The van der Waals surface area contributed by atoms with Crippen LogP contribution in [0.3, 0.4) is 0 Å². The van der Waals surface area contributed by atoms with Crippen LogP contribution < -0.4 is 0 Å². The van der Waals surface area contributed by atoms with Gasteiger partial charge in [-0.15, -0.1) is 0 Å². The fourth-order valence-electron chi connectivity index (χ4n) is 1.03. The van der Waals surface area contributed by atoms with E-state index in [0.717, 1.165) is 13.0 Å². The molecule has 2 fully saturated rings. The summed E-state index contributed by atoms with van der Waals surface area (Å²) in [5.41, 5.74) is 0. The normalized spacial score (nSPS) is 43.7. The average molecular weight is 129 g/mol. The number of aliphatic hydroxyl groups is 1. The Labute approximate surface area is 53.6 Å². The second-order valence-electron chi connectivity index (χ2n) is 2.40. The summed E-state index contributed by atoms with van der Waals surface area (Å²) < 4.78 is 9.89. The summed E-state index contributed by atoms with van der Waals surface area (Å²) >= 11 is 0. The van der Waals surface area contributed by atoms with Crippen LogP contribution in [-0.4, -0.2) is 24.1 Å². The van der Waals surface area contributed by atoms with Gasteiger partial charge in [-0.25, -0.2) is 0 Å². The van der Waals surface area contributed by atoms with Crippen LogP contribution in [0.15, 0.2) is 0 Å². The predicted octanol–water partition coefficient (Wildman–Crippen LogP) is 0.0476. The fraction of sp³-hybridized carbons (Fsp3) is 0.833. The minimum absolute atomic E-state index is 0.656. The Hall–Kier alpha value is -0.120. The molecule has 2 heterocycles. The highest BCUT2D eigenvalue weighted by atomic mass is 16.7. The second-order valence-corrected chi connectivity index (χ2v) is 2.40. The van der Waals surface area contributed by atoms with Crippen molar-refractivity contribution in [3.8, 4) is 0 Å². The number of rotatable bonds is 1. The van der Waals surface area contributed by atoms with Gasteiger partial charge in [-0.1, -0.05) is 0 Å². The third-order valence-electron chi connectivity index (χ3n) is 1.82. The van der Waals surface area contributed by atoms with Crippen molar-refractivity contribution in [2.75, 3.05) is 13.2 Å². The van der Waals surface area contributed by atoms with Crippen molar-refractivity contribution in [2.45, 2.75) is 18.6 Å². The maximum Gasteiger partial charge on any atom is 0.200 e. The summed E-state index contributed by atoms with van der Waals surface area (Å²) in [5, 5.41) is 9.35. The average Bonchev–Trinajstić information content (AvgIpc) is 1.56. The van der Waals surface area contributed by atoms with E-state index >= 15 is 0 Å². The van der Waals surface area contributed by atoms with Crippen LogP contribution in [0, 0.1) is 6.10 Å². The lowest BCUT2D eigenvalue weighted by Gasteiger charge is -2.45. The first kappa shape index (κ1) is 5.65. The van der Waals surface area contributed by atoms with Crippen molar-refractivity contribution in [1.82, 2.24) is 0 Å². The number of ether oxygens (including phenoxy) is 2. The van der Waals surface area contributed by atoms with Gasteiger partial charge < -0.3 is 14.6 Å². The molecule has 0 bridgehead atoms. The molecule has 2 aliphatic rings. The minimum Gasteiger partial charge on any atom is -0.366 e. The highest BCUT2D eigenvalue weighted by molar-refractivity contribution is 5.03. The first-order chi connectivity index (χ1) is 4.31. The van der Waals surface area contributed by atoms with E-state index in [1.165, 1.54) is 0 Å². The summed E-state index contributed by atoms with van der Waals surface area (Å²) in [6, 6.07) is 0. The molecule has 9 heavy (non-hydrogen) atoms. The SMILES string of the molecule is OC1([C]2CCO2)CCO1. The molecule has 0 saturated carbocycles. The van der Waals surface area contributed by atoms with Crippen molar-refractivity contribution < 1.29 is 14.6 Å². The van der Waals surface area contributed by atoms with Gasteiger partial charge in [-0.2, -0.15) is 0 Å². The van der Waals surface area contributed by atoms with E-state index in [0.29, 0.717) is 19.1 Å². The molecule has 3 nitrogen and oxygen atoms in total. The van der Waals surface area contributed by atoms with Gasteiger partial charge in [-0.3, -0.25) is 0 Å². The van der Waals surface area contributed by atoms with Gasteiger partial charge in [0.2, 0.25) is 5.79 Å².